The van der Waals surface area contributed by atoms with E-state index in [9.17, 15) is 4.79 Å². The molecule has 166 valence electrons. The fourth-order valence-electron chi connectivity index (χ4n) is 4.80. The highest BCUT2D eigenvalue weighted by atomic mass is 16.1. The van der Waals surface area contributed by atoms with Crippen molar-refractivity contribution >= 4 is 11.9 Å². The number of H-pyrrole nitrogens is 1. The third-order valence-corrected chi connectivity index (χ3v) is 6.64. The first-order valence-corrected chi connectivity index (χ1v) is 11.6. The van der Waals surface area contributed by atoms with Crippen LogP contribution >= 0.6 is 0 Å². The van der Waals surface area contributed by atoms with Crippen LogP contribution in [0.2, 0.25) is 0 Å². The van der Waals surface area contributed by atoms with E-state index in [2.05, 4.69) is 50.1 Å². The molecule has 3 aromatic rings. The average molecular weight is 431 g/mol. The lowest BCUT2D eigenvalue weighted by atomic mass is 9.90. The summed E-state index contributed by atoms with van der Waals surface area (Å²) in [6.45, 7) is 5.77. The van der Waals surface area contributed by atoms with Gasteiger partial charge < -0.3 is 9.80 Å². The Balaban J connectivity index is 1.31. The zero-order valence-electron chi connectivity index (χ0n) is 18.6. The number of aryl methyl sites for hydroxylation is 1. The monoisotopic (exact) mass is 430 g/mol. The smallest absolute Gasteiger partial charge is 0.252 e. The van der Waals surface area contributed by atoms with Gasteiger partial charge in [-0.2, -0.15) is 0 Å². The Kier molecular flexibility index (Phi) is 5.88. The summed E-state index contributed by atoms with van der Waals surface area (Å²) in [7, 11) is 0. The second kappa shape index (κ2) is 9.10. The Morgan fingerprint density at radius 1 is 1.00 bits per heavy atom. The van der Waals surface area contributed by atoms with Crippen LogP contribution in [0.15, 0.2) is 47.4 Å². The molecule has 0 radical (unpaired) electrons. The Morgan fingerprint density at radius 3 is 2.47 bits per heavy atom. The van der Waals surface area contributed by atoms with Gasteiger partial charge in [-0.15, -0.1) is 0 Å². The summed E-state index contributed by atoms with van der Waals surface area (Å²) in [5, 5.41) is 0. The maximum absolute atomic E-state index is 12.4. The highest BCUT2D eigenvalue weighted by molar-refractivity contribution is 5.62. The fourth-order valence-corrected chi connectivity index (χ4v) is 4.80. The van der Waals surface area contributed by atoms with Crippen molar-refractivity contribution in [2.45, 2.75) is 39.0 Å². The minimum absolute atomic E-state index is 0.139. The van der Waals surface area contributed by atoms with Crippen molar-refractivity contribution in [3.05, 3.63) is 64.2 Å². The fraction of sp³-hybridized carbons (Fsp3) is 0.440. The van der Waals surface area contributed by atoms with E-state index < -0.39 is 0 Å². The summed E-state index contributed by atoms with van der Waals surface area (Å²) >= 11 is 0. The highest BCUT2D eigenvalue weighted by Crippen LogP contribution is 2.26. The van der Waals surface area contributed by atoms with Gasteiger partial charge in [-0.25, -0.2) is 15.0 Å². The van der Waals surface area contributed by atoms with E-state index >= 15 is 0 Å². The lowest BCUT2D eigenvalue weighted by molar-refractivity contribution is 0.400. The van der Waals surface area contributed by atoms with Crippen molar-refractivity contribution in [1.82, 2.24) is 19.9 Å². The molecular weight excluding hydrogens is 400 g/mol. The Hall–Kier alpha value is -3.22. The molecule has 0 saturated carbocycles. The summed E-state index contributed by atoms with van der Waals surface area (Å²) in [5.41, 5.74) is 3.57. The third-order valence-electron chi connectivity index (χ3n) is 6.64. The van der Waals surface area contributed by atoms with E-state index in [0.717, 1.165) is 62.6 Å². The zero-order chi connectivity index (χ0) is 21.9. The van der Waals surface area contributed by atoms with Crippen LogP contribution in [0.5, 0.6) is 0 Å². The van der Waals surface area contributed by atoms with Gasteiger partial charge in [-0.3, -0.25) is 9.78 Å². The molecule has 1 aromatic carbocycles. The van der Waals surface area contributed by atoms with Crippen molar-refractivity contribution in [3.8, 4) is 11.3 Å². The first-order valence-electron chi connectivity index (χ1n) is 11.6. The van der Waals surface area contributed by atoms with Crippen molar-refractivity contribution in [1.29, 1.82) is 0 Å². The number of anilines is 2. The predicted molar refractivity (Wildman–Crippen MR) is 127 cm³/mol. The number of hydrogen-bond acceptors (Lipinski definition) is 6. The molecule has 32 heavy (non-hydrogen) atoms. The van der Waals surface area contributed by atoms with E-state index in [4.69, 9.17) is 9.97 Å². The van der Waals surface area contributed by atoms with Crippen LogP contribution in [0.4, 0.5) is 11.9 Å². The number of rotatable bonds is 5. The molecule has 0 unspecified atom stereocenters. The van der Waals surface area contributed by atoms with Gasteiger partial charge in [0.2, 0.25) is 11.9 Å². The molecule has 0 aliphatic carbocycles. The topological polar surface area (TPSA) is 78.0 Å². The van der Waals surface area contributed by atoms with E-state index in [1.165, 1.54) is 18.4 Å². The minimum Gasteiger partial charge on any atom is -0.342 e. The number of hydrogen-bond donors (Lipinski definition) is 1. The molecule has 2 aliphatic heterocycles. The van der Waals surface area contributed by atoms with Gasteiger partial charge in [0.1, 0.15) is 0 Å². The Morgan fingerprint density at radius 2 is 1.75 bits per heavy atom. The summed E-state index contributed by atoms with van der Waals surface area (Å²) < 4.78 is 0. The third kappa shape index (κ3) is 4.52. The standard InChI is InChI=1S/C25H30N6O/c1-18-21(17-26-24(27-18)30-11-5-6-12-30)22-16-23(32)29-25(28-22)31-13-9-20(10-14-31)15-19-7-3-2-4-8-19/h2-4,7-8,16-17,20H,5-6,9-15H2,1H3,(H,28,29,32). The summed E-state index contributed by atoms with van der Waals surface area (Å²) in [6.07, 6.45) is 7.48. The van der Waals surface area contributed by atoms with Gasteiger partial charge in [0, 0.05) is 44.0 Å². The molecule has 0 spiro atoms. The molecule has 7 heteroatoms. The van der Waals surface area contributed by atoms with Crippen LogP contribution in [-0.2, 0) is 6.42 Å². The number of aromatic amines is 1. The molecule has 2 aromatic heterocycles. The molecule has 2 saturated heterocycles. The van der Waals surface area contributed by atoms with Crippen LogP contribution in [0.25, 0.3) is 11.3 Å². The van der Waals surface area contributed by atoms with E-state index in [1.807, 2.05) is 13.1 Å². The average Bonchev–Trinajstić information content (AvgIpc) is 3.35. The van der Waals surface area contributed by atoms with Gasteiger partial charge in [-0.1, -0.05) is 30.3 Å². The van der Waals surface area contributed by atoms with Crippen LogP contribution in [0.3, 0.4) is 0 Å². The predicted octanol–water partition coefficient (Wildman–Crippen LogP) is 3.59. The van der Waals surface area contributed by atoms with Gasteiger partial charge >= 0.3 is 0 Å². The zero-order valence-corrected chi connectivity index (χ0v) is 18.6. The quantitative estimate of drug-likeness (QED) is 0.666. The Bertz CT molecular complexity index is 1110. The molecule has 0 atom stereocenters. The second-order valence-electron chi connectivity index (χ2n) is 8.94. The minimum atomic E-state index is -0.139. The van der Waals surface area contributed by atoms with Crippen LogP contribution in [0, 0.1) is 12.8 Å². The number of benzene rings is 1. The Labute approximate surface area is 188 Å². The summed E-state index contributed by atoms with van der Waals surface area (Å²) in [4.78, 5) is 33.9. The van der Waals surface area contributed by atoms with E-state index in [1.54, 1.807) is 6.07 Å². The molecule has 2 fully saturated rings. The largest absolute Gasteiger partial charge is 0.342 e. The molecule has 4 heterocycles. The van der Waals surface area contributed by atoms with E-state index in [-0.39, 0.29) is 5.56 Å². The normalized spacial score (nSPS) is 17.2. The molecular formula is C25H30N6O. The van der Waals surface area contributed by atoms with Crippen LogP contribution < -0.4 is 15.4 Å². The molecule has 7 nitrogen and oxygen atoms in total. The lowest BCUT2D eigenvalue weighted by Crippen LogP contribution is -2.36. The maximum Gasteiger partial charge on any atom is 0.252 e. The van der Waals surface area contributed by atoms with Gasteiger partial charge in [-0.05, 0) is 50.5 Å². The summed E-state index contributed by atoms with van der Waals surface area (Å²) in [5.74, 6) is 2.08. The second-order valence-corrected chi connectivity index (χ2v) is 8.94. The van der Waals surface area contributed by atoms with E-state index in [0.29, 0.717) is 17.6 Å². The van der Waals surface area contributed by atoms with Crippen LogP contribution in [0.1, 0.15) is 36.9 Å². The molecule has 5 rings (SSSR count). The summed E-state index contributed by atoms with van der Waals surface area (Å²) in [6, 6.07) is 12.2. The van der Waals surface area contributed by atoms with Crippen molar-refractivity contribution in [3.63, 3.8) is 0 Å². The number of nitrogens with one attached hydrogen (secondary N) is 1. The molecule has 0 amide bonds. The van der Waals surface area contributed by atoms with Gasteiger partial charge in [0.05, 0.1) is 11.4 Å². The number of nitrogens with zero attached hydrogens (tertiary/aromatic N) is 5. The number of piperidine rings is 1. The highest BCUT2D eigenvalue weighted by Gasteiger charge is 2.22. The van der Waals surface area contributed by atoms with Crippen molar-refractivity contribution in [2.75, 3.05) is 36.0 Å². The maximum atomic E-state index is 12.4. The van der Waals surface area contributed by atoms with Crippen molar-refractivity contribution < 1.29 is 0 Å². The molecule has 2 aliphatic rings. The first kappa shape index (κ1) is 20.7. The van der Waals surface area contributed by atoms with Gasteiger partial charge in [0.15, 0.2) is 0 Å². The molecule has 1 N–H and O–H groups in total. The van der Waals surface area contributed by atoms with Crippen molar-refractivity contribution in [2.24, 2.45) is 5.92 Å². The SMILES string of the molecule is Cc1nc(N2CCCC2)ncc1-c1cc(=O)[nH]c(N2CCC(Cc3ccccc3)CC2)n1. The number of aromatic nitrogens is 4. The lowest BCUT2D eigenvalue weighted by Gasteiger charge is -2.32. The van der Waals surface area contributed by atoms with Crippen LogP contribution in [-0.4, -0.2) is 46.1 Å². The first-order chi connectivity index (χ1) is 15.7. The molecule has 0 bridgehead atoms. The van der Waals surface area contributed by atoms with Gasteiger partial charge in [0.25, 0.3) is 5.56 Å².